The second-order valence-electron chi connectivity index (χ2n) is 3.38. The molecule has 2 aromatic rings. The van der Waals surface area contributed by atoms with Crippen molar-refractivity contribution in [1.29, 1.82) is 0 Å². The molecule has 1 aromatic heterocycles. The number of carbonyl (C=O) groups excluding carboxylic acids is 1. The lowest BCUT2D eigenvalue weighted by molar-refractivity contribution is 0.100. The van der Waals surface area contributed by atoms with Gasteiger partial charge in [-0.1, -0.05) is 11.6 Å². The van der Waals surface area contributed by atoms with Crippen LogP contribution in [-0.4, -0.2) is 5.91 Å². The number of hydrogen-bond donors (Lipinski definition) is 1. The number of halogens is 1. The van der Waals surface area contributed by atoms with Crippen LogP contribution in [0.4, 0.5) is 0 Å². The highest BCUT2D eigenvalue weighted by Crippen LogP contribution is 2.23. The van der Waals surface area contributed by atoms with E-state index in [0.717, 1.165) is 9.21 Å². The summed E-state index contributed by atoms with van der Waals surface area (Å²) in [7, 11) is 0. The fourth-order valence-corrected chi connectivity index (χ4v) is 2.30. The normalized spacial score (nSPS) is 10.2. The van der Waals surface area contributed by atoms with Gasteiger partial charge in [0, 0.05) is 10.4 Å². The van der Waals surface area contributed by atoms with Crippen molar-refractivity contribution in [3.63, 3.8) is 0 Å². The van der Waals surface area contributed by atoms with Gasteiger partial charge in [-0.3, -0.25) is 4.79 Å². The molecular formula is C12H10ClNO2S. The second-order valence-corrected chi connectivity index (χ2v) is 5.18. The summed E-state index contributed by atoms with van der Waals surface area (Å²) in [6.45, 7) is 0.466. The molecule has 88 valence electrons. The summed E-state index contributed by atoms with van der Waals surface area (Å²) in [6, 6.07) is 10.5. The minimum atomic E-state index is -0.443. The van der Waals surface area contributed by atoms with E-state index in [1.807, 2.05) is 12.1 Å². The average molecular weight is 268 g/mol. The lowest BCUT2D eigenvalue weighted by Gasteiger charge is -2.04. The van der Waals surface area contributed by atoms with Gasteiger partial charge in [-0.15, -0.1) is 11.3 Å². The summed E-state index contributed by atoms with van der Waals surface area (Å²) < 4.78 is 6.28. The van der Waals surface area contributed by atoms with E-state index in [4.69, 9.17) is 22.1 Å². The van der Waals surface area contributed by atoms with Crippen molar-refractivity contribution in [3.05, 3.63) is 51.2 Å². The first-order chi connectivity index (χ1) is 8.15. The average Bonchev–Trinajstić information content (AvgIpc) is 2.73. The van der Waals surface area contributed by atoms with Crippen LogP contribution < -0.4 is 10.5 Å². The van der Waals surface area contributed by atoms with E-state index in [2.05, 4.69) is 0 Å². The molecular weight excluding hydrogens is 258 g/mol. The third kappa shape index (κ3) is 3.22. The first-order valence-electron chi connectivity index (χ1n) is 4.92. The summed E-state index contributed by atoms with van der Waals surface area (Å²) in [5, 5.41) is 0. The van der Waals surface area contributed by atoms with Crippen molar-refractivity contribution in [2.75, 3.05) is 0 Å². The lowest BCUT2D eigenvalue weighted by atomic mass is 10.2. The Bertz CT molecular complexity index is 522. The van der Waals surface area contributed by atoms with Crippen LogP contribution in [0, 0.1) is 0 Å². The Morgan fingerprint density at radius 2 is 1.94 bits per heavy atom. The summed E-state index contributed by atoms with van der Waals surface area (Å²) in [5.74, 6) is 0.251. The van der Waals surface area contributed by atoms with Crippen LogP contribution in [0.5, 0.6) is 5.75 Å². The third-order valence-electron chi connectivity index (χ3n) is 2.15. The molecule has 0 aliphatic rings. The summed E-state index contributed by atoms with van der Waals surface area (Å²) in [5.41, 5.74) is 5.61. The van der Waals surface area contributed by atoms with Crippen LogP contribution in [0.1, 0.15) is 15.2 Å². The largest absolute Gasteiger partial charge is 0.488 e. The second kappa shape index (κ2) is 5.21. The van der Waals surface area contributed by atoms with Crippen molar-refractivity contribution >= 4 is 28.8 Å². The van der Waals surface area contributed by atoms with Crippen LogP contribution >= 0.6 is 22.9 Å². The summed E-state index contributed by atoms with van der Waals surface area (Å²) in [6.07, 6.45) is 0. The molecule has 2 N–H and O–H groups in total. The molecule has 0 radical (unpaired) electrons. The molecule has 0 unspecified atom stereocenters. The zero-order valence-electron chi connectivity index (χ0n) is 8.85. The first kappa shape index (κ1) is 12.0. The van der Waals surface area contributed by atoms with Gasteiger partial charge in [0.25, 0.3) is 0 Å². The van der Waals surface area contributed by atoms with Crippen molar-refractivity contribution in [3.8, 4) is 5.75 Å². The zero-order valence-corrected chi connectivity index (χ0v) is 10.4. The van der Waals surface area contributed by atoms with Gasteiger partial charge in [0.05, 0.1) is 4.34 Å². The molecule has 2 rings (SSSR count). The van der Waals surface area contributed by atoms with E-state index in [1.165, 1.54) is 11.3 Å². The van der Waals surface area contributed by atoms with Gasteiger partial charge in [-0.2, -0.15) is 0 Å². The topological polar surface area (TPSA) is 52.3 Å². The monoisotopic (exact) mass is 267 g/mol. The maximum atomic E-state index is 10.9. The molecule has 0 bridgehead atoms. The van der Waals surface area contributed by atoms with E-state index >= 15 is 0 Å². The molecule has 0 saturated heterocycles. The van der Waals surface area contributed by atoms with Crippen LogP contribution in [0.2, 0.25) is 4.34 Å². The fourth-order valence-electron chi connectivity index (χ4n) is 1.30. The number of thiophene rings is 1. The molecule has 0 saturated carbocycles. The van der Waals surface area contributed by atoms with Crippen molar-refractivity contribution < 1.29 is 9.53 Å². The lowest BCUT2D eigenvalue weighted by Crippen LogP contribution is -2.10. The Labute approximate surface area is 108 Å². The molecule has 0 aliphatic heterocycles. The predicted octanol–water partition coefficient (Wildman–Crippen LogP) is 3.08. The number of hydrogen-bond acceptors (Lipinski definition) is 3. The smallest absolute Gasteiger partial charge is 0.248 e. The van der Waals surface area contributed by atoms with Gasteiger partial charge < -0.3 is 10.5 Å². The van der Waals surface area contributed by atoms with E-state index in [0.29, 0.717) is 17.9 Å². The van der Waals surface area contributed by atoms with Gasteiger partial charge in [-0.05, 0) is 36.4 Å². The Balaban J connectivity index is 1.97. The van der Waals surface area contributed by atoms with E-state index in [1.54, 1.807) is 24.3 Å². The first-order valence-corrected chi connectivity index (χ1v) is 6.11. The van der Waals surface area contributed by atoms with Gasteiger partial charge >= 0.3 is 0 Å². The fraction of sp³-hybridized carbons (Fsp3) is 0.0833. The Hall–Kier alpha value is -1.52. The summed E-state index contributed by atoms with van der Waals surface area (Å²) >= 11 is 7.29. The van der Waals surface area contributed by atoms with Crippen molar-refractivity contribution in [2.45, 2.75) is 6.61 Å². The van der Waals surface area contributed by atoms with Crippen LogP contribution in [0.3, 0.4) is 0 Å². The highest BCUT2D eigenvalue weighted by molar-refractivity contribution is 7.16. The van der Waals surface area contributed by atoms with Gasteiger partial charge in [0.1, 0.15) is 12.4 Å². The molecule has 3 nitrogen and oxygen atoms in total. The Kier molecular flexibility index (Phi) is 3.66. The minimum absolute atomic E-state index is 0.443. The molecule has 1 heterocycles. The number of ether oxygens (including phenoxy) is 1. The van der Waals surface area contributed by atoms with Gasteiger partial charge in [-0.25, -0.2) is 0 Å². The minimum Gasteiger partial charge on any atom is -0.488 e. The standard InChI is InChI=1S/C12H10ClNO2S/c13-11-6-5-10(17-11)7-16-9-3-1-8(2-4-9)12(14)15/h1-6H,7H2,(H2,14,15). The number of amides is 1. The number of nitrogens with two attached hydrogens (primary N) is 1. The molecule has 0 fully saturated rings. The van der Waals surface area contributed by atoms with Crippen molar-refractivity contribution in [2.24, 2.45) is 5.73 Å². The molecule has 0 atom stereocenters. The van der Waals surface area contributed by atoms with Crippen molar-refractivity contribution in [1.82, 2.24) is 0 Å². The number of benzene rings is 1. The quantitative estimate of drug-likeness (QED) is 0.925. The molecule has 1 amide bonds. The third-order valence-corrected chi connectivity index (χ3v) is 3.35. The highest BCUT2D eigenvalue weighted by Gasteiger charge is 2.02. The highest BCUT2D eigenvalue weighted by atomic mass is 35.5. The molecule has 0 aliphatic carbocycles. The van der Waals surface area contributed by atoms with E-state index in [-0.39, 0.29) is 0 Å². The van der Waals surface area contributed by atoms with Gasteiger partial charge in [0.2, 0.25) is 5.91 Å². The molecule has 1 aromatic carbocycles. The maximum absolute atomic E-state index is 10.9. The number of carbonyl (C=O) groups is 1. The molecule has 0 spiro atoms. The van der Waals surface area contributed by atoms with E-state index < -0.39 is 5.91 Å². The molecule has 17 heavy (non-hydrogen) atoms. The summed E-state index contributed by atoms with van der Waals surface area (Å²) in [4.78, 5) is 11.9. The number of rotatable bonds is 4. The maximum Gasteiger partial charge on any atom is 0.248 e. The van der Waals surface area contributed by atoms with Crippen LogP contribution in [0.25, 0.3) is 0 Å². The van der Waals surface area contributed by atoms with Gasteiger partial charge in [0.15, 0.2) is 0 Å². The van der Waals surface area contributed by atoms with Crippen LogP contribution in [-0.2, 0) is 6.61 Å². The Morgan fingerprint density at radius 1 is 1.24 bits per heavy atom. The Morgan fingerprint density at radius 3 is 2.47 bits per heavy atom. The predicted molar refractivity (Wildman–Crippen MR) is 68.6 cm³/mol. The zero-order chi connectivity index (χ0) is 12.3. The molecule has 5 heteroatoms. The number of primary amides is 1. The SMILES string of the molecule is NC(=O)c1ccc(OCc2ccc(Cl)s2)cc1. The van der Waals surface area contributed by atoms with Crippen LogP contribution in [0.15, 0.2) is 36.4 Å². The van der Waals surface area contributed by atoms with E-state index in [9.17, 15) is 4.79 Å².